The summed E-state index contributed by atoms with van der Waals surface area (Å²) in [5.74, 6) is 0.720. The quantitative estimate of drug-likeness (QED) is 0.757. The van der Waals surface area contributed by atoms with E-state index in [2.05, 4.69) is 37.7 Å². The van der Waals surface area contributed by atoms with Gasteiger partial charge in [-0.05, 0) is 32.9 Å². The molecule has 0 bridgehead atoms. The third-order valence-electron chi connectivity index (χ3n) is 4.24. The van der Waals surface area contributed by atoms with Crippen LogP contribution in [0.25, 0.3) is 0 Å². The van der Waals surface area contributed by atoms with Crippen LogP contribution in [0.3, 0.4) is 0 Å². The van der Waals surface area contributed by atoms with Gasteiger partial charge in [0.2, 0.25) is 0 Å². The second-order valence-corrected chi connectivity index (χ2v) is 6.63. The number of nitrogens with zero attached hydrogens (tertiary/aromatic N) is 2. The summed E-state index contributed by atoms with van der Waals surface area (Å²) in [5.41, 5.74) is 6.46. The molecule has 0 unspecified atom stereocenters. The topological polar surface area (TPSA) is 32.5 Å². The van der Waals surface area contributed by atoms with Crippen LogP contribution in [0.2, 0.25) is 0 Å². The number of rotatable bonds is 7. The molecule has 1 saturated carbocycles. The maximum absolute atomic E-state index is 6.17. The van der Waals surface area contributed by atoms with Gasteiger partial charge in [-0.3, -0.25) is 4.90 Å². The molecule has 0 aromatic rings. The molecule has 1 aliphatic rings. The Labute approximate surface area is 114 Å². The number of hydrogen-bond donors (Lipinski definition) is 1. The Morgan fingerprint density at radius 1 is 1.06 bits per heavy atom. The summed E-state index contributed by atoms with van der Waals surface area (Å²) in [4.78, 5) is 4.97. The van der Waals surface area contributed by atoms with Gasteiger partial charge in [-0.2, -0.15) is 0 Å². The summed E-state index contributed by atoms with van der Waals surface area (Å²) in [6.07, 6.45) is 6.69. The lowest BCUT2D eigenvalue weighted by Crippen LogP contribution is -2.57. The van der Waals surface area contributed by atoms with E-state index in [0.717, 1.165) is 25.6 Å². The number of likely N-dealkylation sites (N-methyl/N-ethyl adjacent to an activating group) is 1. The molecule has 18 heavy (non-hydrogen) atoms. The van der Waals surface area contributed by atoms with E-state index in [4.69, 9.17) is 5.73 Å². The van der Waals surface area contributed by atoms with Gasteiger partial charge in [0.05, 0.1) is 0 Å². The van der Waals surface area contributed by atoms with Gasteiger partial charge < -0.3 is 10.6 Å². The Balaban J connectivity index is 2.70. The summed E-state index contributed by atoms with van der Waals surface area (Å²) >= 11 is 0. The van der Waals surface area contributed by atoms with Crippen LogP contribution in [-0.4, -0.2) is 55.6 Å². The molecule has 0 aromatic heterocycles. The highest BCUT2D eigenvalue weighted by atomic mass is 15.2. The first-order valence-corrected chi connectivity index (χ1v) is 7.60. The monoisotopic (exact) mass is 255 g/mol. The molecule has 0 heterocycles. The molecule has 1 fully saturated rings. The van der Waals surface area contributed by atoms with Crippen molar-refractivity contribution in [1.82, 2.24) is 9.80 Å². The predicted molar refractivity (Wildman–Crippen MR) is 79.8 cm³/mol. The smallest absolute Gasteiger partial charge is 0.0332 e. The second-order valence-electron chi connectivity index (χ2n) is 6.63. The van der Waals surface area contributed by atoms with Crippen molar-refractivity contribution in [1.29, 1.82) is 0 Å². The molecule has 0 amide bonds. The lowest BCUT2D eigenvalue weighted by Gasteiger charge is -2.47. The van der Waals surface area contributed by atoms with Gasteiger partial charge in [-0.1, -0.05) is 33.1 Å². The lowest BCUT2D eigenvalue weighted by atomic mass is 9.79. The molecule has 0 saturated heterocycles. The minimum atomic E-state index is 0.290. The fourth-order valence-electron chi connectivity index (χ4n) is 3.14. The standard InChI is InChI=1S/C15H33N3/c1-14(2)12-18(11-10-17(3)4)15(13-16)8-6-5-7-9-15/h14H,5-13,16H2,1-4H3. The van der Waals surface area contributed by atoms with E-state index in [-0.39, 0.29) is 0 Å². The minimum Gasteiger partial charge on any atom is -0.329 e. The summed E-state index contributed by atoms with van der Waals surface area (Å²) in [6.45, 7) is 8.93. The normalized spacial score (nSPS) is 20.0. The highest BCUT2D eigenvalue weighted by molar-refractivity contribution is 4.94. The zero-order valence-corrected chi connectivity index (χ0v) is 12.9. The fraction of sp³-hybridized carbons (Fsp3) is 1.00. The number of hydrogen-bond acceptors (Lipinski definition) is 3. The van der Waals surface area contributed by atoms with Gasteiger partial charge in [0.25, 0.3) is 0 Å². The second kappa shape index (κ2) is 7.46. The fourth-order valence-corrected chi connectivity index (χ4v) is 3.14. The molecule has 3 heteroatoms. The van der Waals surface area contributed by atoms with Crippen LogP contribution in [0, 0.1) is 5.92 Å². The maximum atomic E-state index is 6.17. The molecular formula is C15H33N3. The first-order chi connectivity index (χ1) is 8.50. The van der Waals surface area contributed by atoms with Crippen molar-refractivity contribution in [2.24, 2.45) is 11.7 Å². The van der Waals surface area contributed by atoms with Crippen LogP contribution in [0.1, 0.15) is 46.0 Å². The zero-order valence-electron chi connectivity index (χ0n) is 12.9. The van der Waals surface area contributed by atoms with Crippen molar-refractivity contribution < 1.29 is 0 Å². The van der Waals surface area contributed by atoms with E-state index in [1.54, 1.807) is 0 Å². The van der Waals surface area contributed by atoms with Crippen molar-refractivity contribution in [3.05, 3.63) is 0 Å². The van der Waals surface area contributed by atoms with Gasteiger partial charge >= 0.3 is 0 Å². The number of nitrogens with two attached hydrogens (primary N) is 1. The van der Waals surface area contributed by atoms with Crippen molar-refractivity contribution in [2.45, 2.75) is 51.5 Å². The van der Waals surface area contributed by atoms with Crippen LogP contribution < -0.4 is 5.73 Å². The Bertz CT molecular complexity index is 220. The lowest BCUT2D eigenvalue weighted by molar-refractivity contribution is 0.0413. The first kappa shape index (κ1) is 15.9. The Morgan fingerprint density at radius 2 is 1.67 bits per heavy atom. The molecule has 1 aliphatic carbocycles. The van der Waals surface area contributed by atoms with Crippen LogP contribution in [0.4, 0.5) is 0 Å². The minimum absolute atomic E-state index is 0.290. The molecule has 3 nitrogen and oxygen atoms in total. The molecule has 108 valence electrons. The van der Waals surface area contributed by atoms with Gasteiger partial charge in [0.15, 0.2) is 0 Å². The molecule has 0 radical (unpaired) electrons. The molecule has 0 aliphatic heterocycles. The van der Waals surface area contributed by atoms with Gasteiger partial charge in [-0.15, -0.1) is 0 Å². The Morgan fingerprint density at radius 3 is 2.11 bits per heavy atom. The summed E-state index contributed by atoms with van der Waals surface area (Å²) in [7, 11) is 4.31. The van der Waals surface area contributed by atoms with E-state index >= 15 is 0 Å². The van der Waals surface area contributed by atoms with Gasteiger partial charge in [-0.25, -0.2) is 0 Å². The van der Waals surface area contributed by atoms with Crippen molar-refractivity contribution >= 4 is 0 Å². The summed E-state index contributed by atoms with van der Waals surface area (Å²) in [6, 6.07) is 0. The van der Waals surface area contributed by atoms with E-state index in [0.29, 0.717) is 5.54 Å². The van der Waals surface area contributed by atoms with E-state index in [1.807, 2.05) is 0 Å². The molecule has 0 atom stereocenters. The van der Waals surface area contributed by atoms with Gasteiger partial charge in [0, 0.05) is 31.7 Å². The van der Waals surface area contributed by atoms with Crippen LogP contribution >= 0.6 is 0 Å². The summed E-state index contributed by atoms with van der Waals surface area (Å²) in [5, 5.41) is 0. The predicted octanol–water partition coefficient (Wildman–Crippen LogP) is 2.17. The van der Waals surface area contributed by atoms with E-state index < -0.39 is 0 Å². The molecule has 0 aromatic carbocycles. The van der Waals surface area contributed by atoms with Crippen LogP contribution in [-0.2, 0) is 0 Å². The first-order valence-electron chi connectivity index (χ1n) is 7.60. The largest absolute Gasteiger partial charge is 0.329 e. The third-order valence-corrected chi connectivity index (χ3v) is 4.24. The van der Waals surface area contributed by atoms with Crippen molar-refractivity contribution in [2.75, 3.05) is 40.3 Å². The Hall–Kier alpha value is -0.120. The molecule has 1 rings (SSSR count). The average molecular weight is 255 g/mol. The zero-order chi connectivity index (χ0) is 13.6. The van der Waals surface area contributed by atoms with Crippen LogP contribution in [0.15, 0.2) is 0 Å². The molecule has 0 spiro atoms. The van der Waals surface area contributed by atoms with E-state index in [9.17, 15) is 0 Å². The molecule has 2 N–H and O–H groups in total. The van der Waals surface area contributed by atoms with Crippen molar-refractivity contribution in [3.63, 3.8) is 0 Å². The summed E-state index contributed by atoms with van der Waals surface area (Å²) < 4.78 is 0. The third kappa shape index (κ3) is 4.52. The maximum Gasteiger partial charge on any atom is 0.0332 e. The van der Waals surface area contributed by atoms with Gasteiger partial charge in [0.1, 0.15) is 0 Å². The highest BCUT2D eigenvalue weighted by Crippen LogP contribution is 2.33. The van der Waals surface area contributed by atoms with E-state index in [1.165, 1.54) is 38.6 Å². The van der Waals surface area contributed by atoms with Crippen LogP contribution in [0.5, 0.6) is 0 Å². The average Bonchev–Trinajstić information content (AvgIpc) is 2.34. The molecular weight excluding hydrogens is 222 g/mol. The SMILES string of the molecule is CC(C)CN(CCN(C)C)C1(CN)CCCCC1. The van der Waals surface area contributed by atoms with Crippen molar-refractivity contribution in [3.8, 4) is 0 Å². The highest BCUT2D eigenvalue weighted by Gasteiger charge is 2.36. The Kier molecular flexibility index (Phi) is 6.61.